The molecule has 2 rings (SSSR count). The first-order valence-electron chi connectivity index (χ1n) is 6.55. The van der Waals surface area contributed by atoms with Crippen LogP contribution in [-0.4, -0.2) is 23.6 Å². The maximum atomic E-state index is 12.0. The zero-order valence-corrected chi connectivity index (χ0v) is 12.5. The number of ether oxygens (including phenoxy) is 1. The van der Waals surface area contributed by atoms with Gasteiger partial charge in [-0.25, -0.2) is 4.79 Å². The van der Waals surface area contributed by atoms with Gasteiger partial charge >= 0.3 is 5.97 Å². The maximum Gasteiger partial charge on any atom is 0.341 e. The molecule has 1 aromatic carbocycles. The van der Waals surface area contributed by atoms with Gasteiger partial charge in [-0.2, -0.15) is 0 Å². The number of carbonyl (C=O) groups is 1. The molecule has 1 aromatic heterocycles. The first-order valence-corrected chi connectivity index (χ1v) is 6.93. The highest BCUT2D eigenvalue weighted by Gasteiger charge is 2.18. The van der Waals surface area contributed by atoms with Crippen LogP contribution in [-0.2, 0) is 4.74 Å². The number of carbonyl (C=O) groups excluding carboxylic acids is 1. The summed E-state index contributed by atoms with van der Waals surface area (Å²) in [6.07, 6.45) is 1.51. The Labute approximate surface area is 123 Å². The van der Waals surface area contributed by atoms with Crippen molar-refractivity contribution in [2.75, 3.05) is 11.9 Å². The van der Waals surface area contributed by atoms with Gasteiger partial charge < -0.3 is 10.1 Å². The van der Waals surface area contributed by atoms with Crippen LogP contribution in [0.25, 0.3) is 10.9 Å². The minimum Gasteiger partial charge on any atom is -0.462 e. The van der Waals surface area contributed by atoms with Gasteiger partial charge in [-0.3, -0.25) is 4.98 Å². The van der Waals surface area contributed by atoms with E-state index in [0.29, 0.717) is 28.4 Å². The van der Waals surface area contributed by atoms with Crippen LogP contribution in [0.1, 0.15) is 31.1 Å². The van der Waals surface area contributed by atoms with Crippen LogP contribution >= 0.6 is 11.6 Å². The van der Waals surface area contributed by atoms with Gasteiger partial charge in [0, 0.05) is 17.6 Å². The summed E-state index contributed by atoms with van der Waals surface area (Å²) in [7, 11) is 0. The number of fused-ring (bicyclic) bond motifs is 1. The third kappa shape index (κ3) is 2.85. The summed E-state index contributed by atoms with van der Waals surface area (Å²) in [5, 5.41) is 4.66. The SMILES string of the molecule is CCOC(=O)c1cnc2c(Cl)cccc2c1NC(C)C. The number of hydrogen-bond acceptors (Lipinski definition) is 4. The Bertz CT molecular complexity index is 641. The third-order valence-electron chi connectivity index (χ3n) is 2.78. The van der Waals surface area contributed by atoms with Crippen molar-refractivity contribution >= 4 is 34.2 Å². The smallest absolute Gasteiger partial charge is 0.341 e. The summed E-state index contributed by atoms with van der Waals surface area (Å²) in [6.45, 7) is 6.11. The van der Waals surface area contributed by atoms with E-state index in [-0.39, 0.29) is 12.0 Å². The lowest BCUT2D eigenvalue weighted by Gasteiger charge is -2.16. The normalized spacial score (nSPS) is 10.8. The number of nitrogens with one attached hydrogen (secondary N) is 1. The van der Waals surface area contributed by atoms with Crippen LogP contribution in [0, 0.1) is 0 Å². The number of esters is 1. The number of halogens is 1. The second-order valence-corrected chi connectivity index (χ2v) is 5.11. The molecule has 0 atom stereocenters. The molecule has 0 saturated carbocycles. The molecule has 1 heterocycles. The molecule has 20 heavy (non-hydrogen) atoms. The molecule has 0 radical (unpaired) electrons. The van der Waals surface area contributed by atoms with Crippen molar-refractivity contribution < 1.29 is 9.53 Å². The number of para-hydroxylation sites is 1. The Hall–Kier alpha value is -1.81. The summed E-state index contributed by atoms with van der Waals surface area (Å²) in [6, 6.07) is 5.68. The molecule has 0 aliphatic rings. The highest BCUT2D eigenvalue weighted by Crippen LogP contribution is 2.31. The number of benzene rings is 1. The molecule has 0 spiro atoms. The summed E-state index contributed by atoms with van der Waals surface area (Å²) in [5.74, 6) is -0.384. The highest BCUT2D eigenvalue weighted by molar-refractivity contribution is 6.35. The largest absolute Gasteiger partial charge is 0.462 e. The molecule has 0 aliphatic carbocycles. The molecular formula is C15H17ClN2O2. The van der Waals surface area contributed by atoms with Crippen LogP contribution in [0.15, 0.2) is 24.4 Å². The summed E-state index contributed by atoms with van der Waals surface area (Å²) in [4.78, 5) is 16.3. The molecule has 4 nitrogen and oxygen atoms in total. The lowest BCUT2D eigenvalue weighted by Crippen LogP contribution is -2.16. The number of hydrogen-bond donors (Lipinski definition) is 1. The fourth-order valence-electron chi connectivity index (χ4n) is 1.99. The zero-order valence-electron chi connectivity index (χ0n) is 11.7. The van der Waals surface area contributed by atoms with E-state index in [9.17, 15) is 4.79 Å². The number of nitrogens with zero attached hydrogens (tertiary/aromatic N) is 1. The van der Waals surface area contributed by atoms with E-state index in [4.69, 9.17) is 16.3 Å². The summed E-state index contributed by atoms with van der Waals surface area (Å²) in [5.41, 5.74) is 1.81. The predicted octanol–water partition coefficient (Wildman–Crippen LogP) is 3.89. The van der Waals surface area contributed by atoms with Crippen molar-refractivity contribution in [1.29, 1.82) is 0 Å². The third-order valence-corrected chi connectivity index (χ3v) is 3.08. The Kier molecular flexibility index (Phi) is 4.45. The quantitative estimate of drug-likeness (QED) is 0.869. The van der Waals surface area contributed by atoms with Crippen molar-refractivity contribution in [1.82, 2.24) is 4.98 Å². The molecule has 0 bridgehead atoms. The van der Waals surface area contributed by atoms with Crippen LogP contribution in [0.3, 0.4) is 0 Å². The average Bonchev–Trinajstić information content (AvgIpc) is 2.39. The van der Waals surface area contributed by atoms with E-state index in [1.807, 2.05) is 26.0 Å². The van der Waals surface area contributed by atoms with Crippen LogP contribution in [0.4, 0.5) is 5.69 Å². The monoisotopic (exact) mass is 292 g/mol. The minimum absolute atomic E-state index is 0.174. The van der Waals surface area contributed by atoms with Gasteiger partial charge in [-0.05, 0) is 26.8 Å². The molecule has 0 saturated heterocycles. The number of pyridine rings is 1. The molecule has 0 aliphatic heterocycles. The fourth-order valence-corrected chi connectivity index (χ4v) is 2.22. The van der Waals surface area contributed by atoms with Crippen molar-refractivity contribution in [2.24, 2.45) is 0 Å². The van der Waals surface area contributed by atoms with Crippen LogP contribution in [0.5, 0.6) is 0 Å². The lowest BCUT2D eigenvalue weighted by molar-refractivity contribution is 0.0527. The van der Waals surface area contributed by atoms with Gasteiger partial charge in [0.05, 0.1) is 22.8 Å². The van der Waals surface area contributed by atoms with Gasteiger partial charge in [0.2, 0.25) is 0 Å². The van der Waals surface area contributed by atoms with Gasteiger partial charge in [-0.15, -0.1) is 0 Å². The van der Waals surface area contributed by atoms with E-state index in [0.717, 1.165) is 5.39 Å². The van der Waals surface area contributed by atoms with E-state index in [1.165, 1.54) is 6.20 Å². The fraction of sp³-hybridized carbons (Fsp3) is 0.333. The number of anilines is 1. The molecule has 1 N–H and O–H groups in total. The van der Waals surface area contributed by atoms with Crippen molar-refractivity contribution in [3.63, 3.8) is 0 Å². The molecule has 0 unspecified atom stereocenters. The maximum absolute atomic E-state index is 12.0. The standard InChI is InChI=1S/C15H17ClN2O2/c1-4-20-15(19)11-8-17-14-10(6-5-7-12(14)16)13(11)18-9(2)3/h5-9H,4H2,1-3H3,(H,17,18). The Morgan fingerprint density at radius 1 is 1.45 bits per heavy atom. The molecular weight excluding hydrogens is 276 g/mol. The molecule has 0 amide bonds. The highest BCUT2D eigenvalue weighted by atomic mass is 35.5. The molecule has 0 fully saturated rings. The molecule has 5 heteroatoms. The number of aromatic nitrogens is 1. The second kappa shape index (κ2) is 6.09. The minimum atomic E-state index is -0.384. The van der Waals surface area contributed by atoms with Gasteiger partial charge in [-0.1, -0.05) is 23.7 Å². The zero-order chi connectivity index (χ0) is 14.7. The topological polar surface area (TPSA) is 51.2 Å². The first kappa shape index (κ1) is 14.6. The van der Waals surface area contributed by atoms with E-state index in [2.05, 4.69) is 10.3 Å². The molecule has 106 valence electrons. The van der Waals surface area contributed by atoms with Crippen LogP contribution < -0.4 is 5.32 Å². The molecule has 2 aromatic rings. The first-order chi connectivity index (χ1) is 9.54. The second-order valence-electron chi connectivity index (χ2n) is 4.70. The van der Waals surface area contributed by atoms with Gasteiger partial charge in [0.25, 0.3) is 0 Å². The van der Waals surface area contributed by atoms with Crippen LogP contribution in [0.2, 0.25) is 5.02 Å². The average molecular weight is 293 g/mol. The van der Waals surface area contributed by atoms with Crippen molar-refractivity contribution in [3.8, 4) is 0 Å². The number of rotatable bonds is 4. The van der Waals surface area contributed by atoms with Crippen molar-refractivity contribution in [2.45, 2.75) is 26.8 Å². The van der Waals surface area contributed by atoms with Crippen molar-refractivity contribution in [3.05, 3.63) is 35.0 Å². The summed E-state index contributed by atoms with van der Waals surface area (Å²) >= 11 is 6.15. The van der Waals surface area contributed by atoms with Gasteiger partial charge in [0.15, 0.2) is 0 Å². The Morgan fingerprint density at radius 3 is 2.85 bits per heavy atom. The van der Waals surface area contributed by atoms with Gasteiger partial charge in [0.1, 0.15) is 5.56 Å². The van der Waals surface area contributed by atoms with E-state index < -0.39 is 0 Å². The lowest BCUT2D eigenvalue weighted by atomic mass is 10.1. The predicted molar refractivity (Wildman–Crippen MR) is 81.5 cm³/mol. The van der Waals surface area contributed by atoms with E-state index >= 15 is 0 Å². The Morgan fingerprint density at radius 2 is 2.20 bits per heavy atom. The van der Waals surface area contributed by atoms with E-state index in [1.54, 1.807) is 13.0 Å². The Balaban J connectivity index is 2.66. The summed E-state index contributed by atoms with van der Waals surface area (Å²) < 4.78 is 5.08.